The van der Waals surface area contributed by atoms with Gasteiger partial charge in [-0.15, -0.1) is 0 Å². The fraction of sp³-hybridized carbons (Fsp3) is 0.650. The van der Waals surface area contributed by atoms with Gasteiger partial charge in [-0.2, -0.15) is 0 Å². The molecule has 1 aromatic carbocycles. The summed E-state index contributed by atoms with van der Waals surface area (Å²) >= 11 is 0. The standard InChI is InChI=1S/C20H30N2O2/c1-20(2,16-10-13-24-14-11-16)19(23)21-17-9-12-22(3)18(17)15-7-5-4-6-8-15/h4-8,16-18H,9-14H2,1-3H3,(H,21,23)/t17-,18-/m1/s1. The number of likely N-dealkylation sites (N-methyl/N-ethyl adjacent to an activating group) is 1. The van der Waals surface area contributed by atoms with Crippen LogP contribution in [0.3, 0.4) is 0 Å². The molecule has 2 atom stereocenters. The van der Waals surface area contributed by atoms with Gasteiger partial charge in [-0.3, -0.25) is 9.69 Å². The molecule has 2 aliphatic rings. The zero-order valence-corrected chi connectivity index (χ0v) is 15.1. The van der Waals surface area contributed by atoms with Crippen molar-refractivity contribution in [3.05, 3.63) is 35.9 Å². The fourth-order valence-electron chi connectivity index (χ4n) is 4.19. The molecule has 1 amide bonds. The second kappa shape index (κ2) is 7.24. The van der Waals surface area contributed by atoms with Crippen LogP contribution in [-0.2, 0) is 9.53 Å². The minimum atomic E-state index is -0.341. The summed E-state index contributed by atoms with van der Waals surface area (Å²) in [4.78, 5) is 15.4. The maximum Gasteiger partial charge on any atom is 0.226 e. The number of nitrogens with zero attached hydrogens (tertiary/aromatic N) is 1. The van der Waals surface area contributed by atoms with Gasteiger partial charge in [0.25, 0.3) is 0 Å². The first-order valence-corrected chi connectivity index (χ1v) is 9.14. The van der Waals surface area contributed by atoms with Gasteiger partial charge < -0.3 is 10.1 Å². The Morgan fingerprint density at radius 1 is 1.17 bits per heavy atom. The van der Waals surface area contributed by atoms with E-state index in [0.717, 1.165) is 39.0 Å². The molecule has 0 aliphatic carbocycles. The van der Waals surface area contributed by atoms with Gasteiger partial charge in [-0.1, -0.05) is 44.2 Å². The minimum absolute atomic E-state index is 0.184. The topological polar surface area (TPSA) is 41.6 Å². The number of ether oxygens (including phenoxy) is 1. The summed E-state index contributed by atoms with van der Waals surface area (Å²) in [7, 11) is 2.15. The molecule has 4 heteroatoms. The molecule has 0 aromatic heterocycles. The number of nitrogens with one attached hydrogen (secondary N) is 1. The molecule has 4 nitrogen and oxygen atoms in total. The van der Waals surface area contributed by atoms with Crippen molar-refractivity contribution >= 4 is 5.91 Å². The molecule has 2 heterocycles. The molecule has 1 aromatic rings. The maximum atomic E-state index is 13.0. The summed E-state index contributed by atoms with van der Waals surface area (Å²) in [6, 6.07) is 11.0. The van der Waals surface area contributed by atoms with Crippen LogP contribution in [0.25, 0.3) is 0 Å². The molecule has 132 valence electrons. The van der Waals surface area contributed by atoms with Gasteiger partial charge in [-0.05, 0) is 37.8 Å². The normalized spacial score (nSPS) is 26.5. The Morgan fingerprint density at radius 2 is 1.83 bits per heavy atom. The first kappa shape index (κ1) is 17.4. The number of rotatable bonds is 4. The summed E-state index contributed by atoms with van der Waals surface area (Å²) < 4.78 is 5.46. The van der Waals surface area contributed by atoms with Crippen LogP contribution < -0.4 is 5.32 Å². The summed E-state index contributed by atoms with van der Waals surface area (Å²) in [5.74, 6) is 0.594. The number of carbonyl (C=O) groups is 1. The van der Waals surface area contributed by atoms with E-state index in [1.54, 1.807) is 0 Å². The molecular weight excluding hydrogens is 300 g/mol. The average molecular weight is 330 g/mol. The number of hydrogen-bond donors (Lipinski definition) is 1. The van der Waals surface area contributed by atoms with Crippen molar-refractivity contribution < 1.29 is 9.53 Å². The molecule has 24 heavy (non-hydrogen) atoms. The van der Waals surface area contributed by atoms with E-state index in [1.807, 2.05) is 6.07 Å². The number of carbonyl (C=O) groups excluding carboxylic acids is 1. The second-order valence-corrected chi connectivity index (χ2v) is 7.81. The van der Waals surface area contributed by atoms with E-state index >= 15 is 0 Å². The van der Waals surface area contributed by atoms with Crippen LogP contribution in [0.15, 0.2) is 30.3 Å². The van der Waals surface area contributed by atoms with Crippen molar-refractivity contribution in [3.63, 3.8) is 0 Å². The molecule has 0 saturated carbocycles. The lowest BCUT2D eigenvalue weighted by Crippen LogP contribution is -2.48. The molecule has 0 bridgehead atoms. The Hall–Kier alpha value is -1.39. The lowest BCUT2D eigenvalue weighted by atomic mass is 9.73. The van der Waals surface area contributed by atoms with Crippen molar-refractivity contribution in [2.45, 2.75) is 45.2 Å². The van der Waals surface area contributed by atoms with E-state index in [1.165, 1.54) is 5.56 Å². The van der Waals surface area contributed by atoms with Crippen molar-refractivity contribution in [3.8, 4) is 0 Å². The lowest BCUT2D eigenvalue weighted by molar-refractivity contribution is -0.135. The predicted octanol–water partition coefficient (Wildman–Crippen LogP) is 3.00. The van der Waals surface area contributed by atoms with Crippen LogP contribution in [-0.4, -0.2) is 43.7 Å². The molecule has 2 fully saturated rings. The van der Waals surface area contributed by atoms with E-state index in [2.05, 4.69) is 55.4 Å². The highest BCUT2D eigenvalue weighted by Crippen LogP contribution is 2.36. The van der Waals surface area contributed by atoms with E-state index in [-0.39, 0.29) is 23.4 Å². The predicted molar refractivity (Wildman–Crippen MR) is 95.7 cm³/mol. The average Bonchev–Trinajstić information content (AvgIpc) is 2.96. The first-order valence-electron chi connectivity index (χ1n) is 9.14. The monoisotopic (exact) mass is 330 g/mol. The Bertz CT molecular complexity index is 552. The van der Waals surface area contributed by atoms with Gasteiger partial charge >= 0.3 is 0 Å². The van der Waals surface area contributed by atoms with Crippen molar-refractivity contribution in [1.29, 1.82) is 0 Å². The van der Waals surface area contributed by atoms with E-state index in [9.17, 15) is 4.79 Å². The van der Waals surface area contributed by atoms with Crippen molar-refractivity contribution in [1.82, 2.24) is 10.2 Å². The molecular formula is C20H30N2O2. The Balaban J connectivity index is 1.70. The van der Waals surface area contributed by atoms with Crippen molar-refractivity contribution in [2.24, 2.45) is 11.3 Å². The third-order valence-corrected chi connectivity index (χ3v) is 5.93. The van der Waals surface area contributed by atoms with Gasteiger partial charge in [0.2, 0.25) is 5.91 Å². The molecule has 2 saturated heterocycles. The van der Waals surface area contributed by atoms with Crippen LogP contribution in [0, 0.1) is 11.3 Å². The zero-order valence-electron chi connectivity index (χ0n) is 15.1. The molecule has 0 radical (unpaired) electrons. The summed E-state index contributed by atoms with van der Waals surface area (Å²) in [6.45, 7) is 6.76. The highest BCUT2D eigenvalue weighted by Gasteiger charge is 2.41. The second-order valence-electron chi connectivity index (χ2n) is 7.81. The van der Waals surface area contributed by atoms with Crippen LogP contribution in [0.1, 0.15) is 44.7 Å². The zero-order chi connectivity index (χ0) is 17.2. The first-order chi connectivity index (χ1) is 11.5. The number of hydrogen-bond acceptors (Lipinski definition) is 3. The van der Waals surface area contributed by atoms with E-state index in [4.69, 9.17) is 4.74 Å². The molecule has 3 rings (SSSR count). The van der Waals surface area contributed by atoms with Crippen LogP contribution in [0.5, 0.6) is 0 Å². The van der Waals surface area contributed by atoms with E-state index < -0.39 is 0 Å². The summed E-state index contributed by atoms with van der Waals surface area (Å²) in [5, 5.41) is 3.37. The highest BCUT2D eigenvalue weighted by molar-refractivity contribution is 5.82. The smallest absolute Gasteiger partial charge is 0.226 e. The van der Waals surface area contributed by atoms with Gasteiger partial charge in [0.15, 0.2) is 0 Å². The Labute approximate surface area is 145 Å². The largest absolute Gasteiger partial charge is 0.381 e. The SMILES string of the molecule is CN1CC[C@@H](NC(=O)C(C)(C)C2CCOCC2)[C@H]1c1ccccc1. The maximum absolute atomic E-state index is 13.0. The highest BCUT2D eigenvalue weighted by atomic mass is 16.5. The summed E-state index contributed by atoms with van der Waals surface area (Å²) in [5.41, 5.74) is 0.943. The summed E-state index contributed by atoms with van der Waals surface area (Å²) in [6.07, 6.45) is 2.96. The third kappa shape index (κ3) is 3.50. The Kier molecular flexibility index (Phi) is 5.26. The molecule has 0 spiro atoms. The number of likely N-dealkylation sites (tertiary alicyclic amines) is 1. The third-order valence-electron chi connectivity index (χ3n) is 5.93. The van der Waals surface area contributed by atoms with Crippen molar-refractivity contribution in [2.75, 3.05) is 26.8 Å². The van der Waals surface area contributed by atoms with Gasteiger partial charge in [0, 0.05) is 31.2 Å². The van der Waals surface area contributed by atoms with Crippen LogP contribution >= 0.6 is 0 Å². The minimum Gasteiger partial charge on any atom is -0.381 e. The lowest BCUT2D eigenvalue weighted by Gasteiger charge is -2.37. The molecule has 0 unspecified atom stereocenters. The van der Waals surface area contributed by atoms with E-state index in [0.29, 0.717) is 5.92 Å². The fourth-order valence-corrected chi connectivity index (χ4v) is 4.19. The van der Waals surface area contributed by atoms with Crippen LogP contribution in [0.4, 0.5) is 0 Å². The molecule has 1 N–H and O–H groups in total. The van der Waals surface area contributed by atoms with Gasteiger partial charge in [0.1, 0.15) is 0 Å². The van der Waals surface area contributed by atoms with Crippen LogP contribution in [0.2, 0.25) is 0 Å². The molecule has 2 aliphatic heterocycles. The number of benzene rings is 1. The quantitative estimate of drug-likeness (QED) is 0.923. The van der Waals surface area contributed by atoms with Gasteiger partial charge in [0.05, 0.1) is 6.04 Å². The van der Waals surface area contributed by atoms with Gasteiger partial charge in [-0.25, -0.2) is 0 Å². The number of amides is 1. The Morgan fingerprint density at radius 3 is 2.50 bits per heavy atom.